The number of oxime groups is 2. The maximum absolute atomic E-state index is 12.4. The SMILES string of the molecule is CCCC(CC)OC/C(=N\OC(C)=O)c1cc(N)c2c(c1)c1cc(/C(CC(C)C)=N/OC(=O)C(C)C)cc(N)c1n2CCCCCC(C)C. The van der Waals surface area contributed by atoms with E-state index in [0.717, 1.165) is 72.4 Å². The highest BCUT2D eigenvalue weighted by molar-refractivity contribution is 6.19. The molecule has 0 fully saturated rings. The van der Waals surface area contributed by atoms with Gasteiger partial charge in [0.05, 0.1) is 46.7 Å². The Labute approximate surface area is 292 Å². The van der Waals surface area contributed by atoms with E-state index < -0.39 is 11.9 Å². The molecule has 0 amide bonds. The second-order valence-electron chi connectivity index (χ2n) is 14.3. The number of nitrogens with zero attached hydrogens (tertiary/aromatic N) is 3. The molecule has 1 unspecified atom stereocenters. The summed E-state index contributed by atoms with van der Waals surface area (Å²) in [5, 5.41) is 10.3. The summed E-state index contributed by atoms with van der Waals surface area (Å²) in [4.78, 5) is 34.7. The third kappa shape index (κ3) is 11.0. The summed E-state index contributed by atoms with van der Waals surface area (Å²) >= 11 is 0. The van der Waals surface area contributed by atoms with Crippen molar-refractivity contribution in [1.82, 2.24) is 4.57 Å². The molecule has 0 bridgehead atoms. The Balaban J connectivity index is 2.26. The fourth-order valence-electron chi connectivity index (χ4n) is 6.00. The van der Waals surface area contributed by atoms with Crippen LogP contribution >= 0.6 is 0 Å². The maximum atomic E-state index is 12.4. The predicted molar refractivity (Wildman–Crippen MR) is 202 cm³/mol. The molecule has 1 heterocycles. The quantitative estimate of drug-likeness (QED) is 0.0424. The molecule has 49 heavy (non-hydrogen) atoms. The van der Waals surface area contributed by atoms with Crippen molar-refractivity contribution in [2.45, 2.75) is 126 Å². The van der Waals surface area contributed by atoms with Crippen molar-refractivity contribution in [3.05, 3.63) is 35.4 Å². The van der Waals surface area contributed by atoms with E-state index in [9.17, 15) is 9.59 Å². The summed E-state index contributed by atoms with van der Waals surface area (Å²) in [6, 6.07) is 7.87. The van der Waals surface area contributed by atoms with E-state index in [4.69, 9.17) is 25.9 Å². The summed E-state index contributed by atoms with van der Waals surface area (Å²) < 4.78 is 8.47. The molecule has 10 nitrogen and oxygen atoms in total. The summed E-state index contributed by atoms with van der Waals surface area (Å²) in [5.41, 5.74) is 19.3. The Kier molecular flexibility index (Phi) is 15.1. The van der Waals surface area contributed by atoms with Gasteiger partial charge in [0.1, 0.15) is 5.71 Å². The zero-order chi connectivity index (χ0) is 36.2. The smallest absolute Gasteiger partial charge is 0.337 e. The van der Waals surface area contributed by atoms with Crippen LogP contribution in [0.4, 0.5) is 11.4 Å². The molecule has 10 heteroatoms. The van der Waals surface area contributed by atoms with Crippen molar-refractivity contribution >= 4 is 56.5 Å². The van der Waals surface area contributed by atoms with Crippen LogP contribution in [0, 0.1) is 17.8 Å². The minimum atomic E-state index is -0.520. The Morgan fingerprint density at radius 2 is 1.37 bits per heavy atom. The molecule has 0 saturated carbocycles. The molecule has 0 aliphatic rings. The standard InChI is InChI=1S/C39H59N5O5/c1-10-15-30(11-2)47-23-36(43-48-27(9)45)29-20-32-31-19-28(35(18-25(5)6)42-49-39(46)26(7)8)21-33(40)37(31)44(38(32)34(41)22-29)17-14-12-13-16-24(3)4/h19-22,24-26,30H,10-18,23,40-41H2,1-9H3/b42-35+,43-36+. The highest BCUT2D eigenvalue weighted by atomic mass is 16.7. The number of rotatable bonds is 19. The van der Waals surface area contributed by atoms with Gasteiger partial charge in [-0.25, -0.2) is 9.59 Å². The summed E-state index contributed by atoms with van der Waals surface area (Å²) in [6.07, 6.45) is 7.82. The van der Waals surface area contributed by atoms with E-state index in [-0.39, 0.29) is 24.5 Å². The Bertz CT molecular complexity index is 1640. The van der Waals surface area contributed by atoms with Crippen LogP contribution in [0.25, 0.3) is 21.8 Å². The van der Waals surface area contributed by atoms with E-state index in [1.54, 1.807) is 13.8 Å². The van der Waals surface area contributed by atoms with Gasteiger partial charge >= 0.3 is 11.9 Å². The highest BCUT2D eigenvalue weighted by Crippen LogP contribution is 2.38. The molecule has 1 aromatic heterocycles. The van der Waals surface area contributed by atoms with Gasteiger partial charge in [0, 0.05) is 35.4 Å². The molecule has 3 aromatic rings. The van der Waals surface area contributed by atoms with Crippen LogP contribution < -0.4 is 11.5 Å². The molecule has 0 spiro atoms. The fraction of sp³-hybridized carbons (Fsp3) is 0.590. The first-order valence-electron chi connectivity index (χ1n) is 18.1. The van der Waals surface area contributed by atoms with E-state index in [1.165, 1.54) is 13.3 Å². The normalized spacial score (nSPS) is 13.3. The molecular formula is C39H59N5O5. The first-order valence-corrected chi connectivity index (χ1v) is 18.1. The molecule has 0 radical (unpaired) electrons. The van der Waals surface area contributed by atoms with Gasteiger partial charge in [0.25, 0.3) is 0 Å². The van der Waals surface area contributed by atoms with Crippen molar-refractivity contribution in [3.63, 3.8) is 0 Å². The molecule has 3 rings (SSSR count). The molecule has 1 atom stereocenters. The predicted octanol–water partition coefficient (Wildman–Crippen LogP) is 8.99. The van der Waals surface area contributed by atoms with Gasteiger partial charge in [-0.2, -0.15) is 0 Å². The first kappa shape index (κ1) is 39.5. The van der Waals surface area contributed by atoms with Gasteiger partial charge in [-0.15, -0.1) is 0 Å². The summed E-state index contributed by atoms with van der Waals surface area (Å²) in [6.45, 7) is 18.7. The van der Waals surface area contributed by atoms with Crippen molar-refractivity contribution in [3.8, 4) is 0 Å². The molecule has 4 N–H and O–H groups in total. The number of nitrogen functional groups attached to an aromatic ring is 2. The number of ether oxygens (including phenoxy) is 1. The number of carbonyl (C=O) groups excluding carboxylic acids is 2. The summed E-state index contributed by atoms with van der Waals surface area (Å²) in [7, 11) is 0. The van der Waals surface area contributed by atoms with Gasteiger partial charge in [0.2, 0.25) is 0 Å². The highest BCUT2D eigenvalue weighted by Gasteiger charge is 2.22. The second-order valence-corrected chi connectivity index (χ2v) is 14.3. The van der Waals surface area contributed by atoms with Crippen LogP contribution in [0.15, 0.2) is 34.6 Å². The number of aryl methyl sites for hydroxylation is 1. The number of nitrogens with two attached hydrogens (primary N) is 2. The van der Waals surface area contributed by atoms with Gasteiger partial charge in [-0.1, -0.05) is 91.4 Å². The lowest BCUT2D eigenvalue weighted by atomic mass is 9.97. The Morgan fingerprint density at radius 3 is 1.88 bits per heavy atom. The van der Waals surface area contributed by atoms with E-state index in [1.807, 2.05) is 18.2 Å². The lowest BCUT2D eigenvalue weighted by Crippen LogP contribution is -2.19. The number of aromatic nitrogens is 1. The van der Waals surface area contributed by atoms with E-state index in [0.29, 0.717) is 40.7 Å². The van der Waals surface area contributed by atoms with Gasteiger partial charge in [0.15, 0.2) is 0 Å². The Morgan fingerprint density at radius 1 is 0.776 bits per heavy atom. The topological polar surface area (TPSA) is 144 Å². The lowest BCUT2D eigenvalue weighted by molar-refractivity contribution is -0.147. The second kappa shape index (κ2) is 18.7. The number of unbranched alkanes of at least 4 members (excludes halogenated alkanes) is 2. The van der Waals surface area contributed by atoms with E-state index >= 15 is 0 Å². The number of hydrogen-bond donors (Lipinski definition) is 2. The van der Waals surface area contributed by atoms with Crippen LogP contribution in [0.5, 0.6) is 0 Å². The Hall–Kier alpha value is -3.92. The van der Waals surface area contributed by atoms with Crippen LogP contribution in [0.1, 0.15) is 125 Å². The van der Waals surface area contributed by atoms with Gasteiger partial charge in [-0.3, -0.25) is 0 Å². The fourth-order valence-corrected chi connectivity index (χ4v) is 6.00. The molecule has 2 aromatic carbocycles. The van der Waals surface area contributed by atoms with Crippen molar-refractivity contribution in [2.24, 2.45) is 28.1 Å². The monoisotopic (exact) mass is 677 g/mol. The minimum absolute atomic E-state index is 0.0528. The van der Waals surface area contributed by atoms with Crippen LogP contribution in [0.3, 0.4) is 0 Å². The third-order valence-electron chi connectivity index (χ3n) is 8.56. The maximum Gasteiger partial charge on any atom is 0.337 e. The van der Waals surface area contributed by atoms with Crippen molar-refractivity contribution in [1.29, 1.82) is 0 Å². The van der Waals surface area contributed by atoms with Crippen molar-refractivity contribution < 1.29 is 24.0 Å². The molecule has 0 aliphatic heterocycles. The number of benzene rings is 2. The number of hydrogen-bond acceptors (Lipinski definition) is 9. The third-order valence-corrected chi connectivity index (χ3v) is 8.56. The average Bonchev–Trinajstić information content (AvgIpc) is 3.35. The zero-order valence-corrected chi connectivity index (χ0v) is 31.2. The zero-order valence-electron chi connectivity index (χ0n) is 31.2. The summed E-state index contributed by atoms with van der Waals surface area (Å²) in [5.74, 6) is -0.304. The van der Waals surface area contributed by atoms with Crippen LogP contribution in [-0.2, 0) is 30.5 Å². The lowest BCUT2D eigenvalue weighted by Gasteiger charge is -2.16. The van der Waals surface area contributed by atoms with Gasteiger partial charge in [-0.05, 0) is 61.8 Å². The van der Waals surface area contributed by atoms with Crippen molar-refractivity contribution in [2.75, 3.05) is 18.1 Å². The largest absolute Gasteiger partial charge is 0.397 e. The van der Waals surface area contributed by atoms with Crippen LogP contribution in [0.2, 0.25) is 0 Å². The molecular weight excluding hydrogens is 618 g/mol. The molecule has 0 aliphatic carbocycles. The molecule has 270 valence electrons. The average molecular weight is 678 g/mol. The van der Waals surface area contributed by atoms with Gasteiger partial charge < -0.3 is 30.4 Å². The minimum Gasteiger partial charge on any atom is -0.397 e. The van der Waals surface area contributed by atoms with Crippen LogP contribution in [-0.4, -0.2) is 40.6 Å². The van der Waals surface area contributed by atoms with E-state index in [2.05, 4.69) is 62.5 Å². The molecule has 0 saturated heterocycles. The first-order chi connectivity index (χ1) is 23.3. The number of carbonyl (C=O) groups is 2. The number of fused-ring (bicyclic) bond motifs is 3. The number of anilines is 2.